The third-order valence-electron chi connectivity index (χ3n) is 2.37. The van der Waals surface area contributed by atoms with Crippen LogP contribution in [0, 0.1) is 12.3 Å². The Morgan fingerprint density at radius 3 is 2.50 bits per heavy atom. The molecule has 1 aromatic heterocycles. The lowest BCUT2D eigenvalue weighted by atomic mass is 9.96. The van der Waals surface area contributed by atoms with Crippen molar-refractivity contribution in [2.75, 3.05) is 18.5 Å². The van der Waals surface area contributed by atoms with Crippen molar-refractivity contribution >= 4 is 17.3 Å². The lowest BCUT2D eigenvalue weighted by Gasteiger charge is -2.29. The van der Waals surface area contributed by atoms with E-state index in [1.54, 1.807) is 0 Å². The molecule has 0 fully saturated rings. The largest absolute Gasteiger partial charge is 0.374 e. The second-order valence-corrected chi connectivity index (χ2v) is 5.77. The Morgan fingerprint density at radius 2 is 2.00 bits per heavy atom. The maximum atomic E-state index is 5.93. The lowest BCUT2D eigenvalue weighted by molar-refractivity contribution is 0.418. The van der Waals surface area contributed by atoms with Gasteiger partial charge in [-0.15, -0.1) is 11.6 Å². The van der Waals surface area contributed by atoms with Crippen LogP contribution in [0.4, 0.5) is 5.69 Å². The molecule has 0 bridgehead atoms. The molecule has 1 rings (SSSR count). The number of rotatable bonds is 3. The normalized spacial score (nSPS) is 11.6. The van der Waals surface area contributed by atoms with Crippen molar-refractivity contribution in [3.8, 4) is 0 Å². The zero-order valence-corrected chi connectivity index (χ0v) is 11.6. The van der Waals surface area contributed by atoms with Crippen molar-refractivity contribution in [3.63, 3.8) is 0 Å². The van der Waals surface area contributed by atoms with Gasteiger partial charge in [-0.25, -0.2) is 0 Å². The Bertz CT molecular complexity index is 355. The highest BCUT2D eigenvalue weighted by molar-refractivity contribution is 6.17. The summed E-state index contributed by atoms with van der Waals surface area (Å²) in [5, 5.41) is 0. The predicted molar refractivity (Wildman–Crippen MR) is 71.3 cm³/mol. The molecule has 16 heavy (non-hydrogen) atoms. The van der Waals surface area contributed by atoms with Crippen LogP contribution in [-0.4, -0.2) is 18.6 Å². The van der Waals surface area contributed by atoms with E-state index in [2.05, 4.69) is 43.8 Å². The molecule has 0 aromatic carbocycles. The summed E-state index contributed by atoms with van der Waals surface area (Å²) in [7, 11) is 2.11. The van der Waals surface area contributed by atoms with Gasteiger partial charge in [-0.3, -0.25) is 4.98 Å². The van der Waals surface area contributed by atoms with Gasteiger partial charge in [0.1, 0.15) is 0 Å². The topological polar surface area (TPSA) is 16.1 Å². The smallest absolute Gasteiger partial charge is 0.0509 e. The van der Waals surface area contributed by atoms with Crippen molar-refractivity contribution in [2.45, 2.75) is 33.6 Å². The first kappa shape index (κ1) is 13.3. The molecule has 0 amide bonds. The van der Waals surface area contributed by atoms with Gasteiger partial charge < -0.3 is 4.90 Å². The van der Waals surface area contributed by atoms with E-state index in [1.165, 1.54) is 5.69 Å². The quantitative estimate of drug-likeness (QED) is 0.751. The molecule has 3 heteroatoms. The summed E-state index contributed by atoms with van der Waals surface area (Å²) >= 11 is 5.93. The summed E-state index contributed by atoms with van der Waals surface area (Å²) in [6.07, 6.45) is 1.87. The minimum absolute atomic E-state index is 0.273. The summed E-state index contributed by atoms with van der Waals surface area (Å²) in [4.78, 5) is 6.53. The fourth-order valence-corrected chi connectivity index (χ4v) is 2.03. The van der Waals surface area contributed by atoms with Crippen molar-refractivity contribution in [3.05, 3.63) is 23.5 Å². The van der Waals surface area contributed by atoms with Crippen molar-refractivity contribution in [2.24, 2.45) is 5.41 Å². The first-order chi connectivity index (χ1) is 7.33. The number of hydrogen-bond donors (Lipinski definition) is 0. The SMILES string of the molecule is Cc1cc(N(C)CC(C)(C)C)c(CCl)cn1. The Balaban J connectivity index is 2.97. The molecule has 0 spiro atoms. The van der Waals surface area contributed by atoms with E-state index in [4.69, 9.17) is 11.6 Å². The van der Waals surface area contributed by atoms with Crippen LogP contribution in [0.3, 0.4) is 0 Å². The number of anilines is 1. The van der Waals surface area contributed by atoms with E-state index < -0.39 is 0 Å². The number of aryl methyl sites for hydroxylation is 1. The average Bonchev–Trinajstić information content (AvgIpc) is 2.15. The Labute approximate surface area is 104 Å². The summed E-state index contributed by atoms with van der Waals surface area (Å²) in [6, 6.07) is 2.10. The Hall–Kier alpha value is -0.760. The zero-order valence-electron chi connectivity index (χ0n) is 10.8. The average molecular weight is 241 g/mol. The number of hydrogen-bond acceptors (Lipinski definition) is 2. The van der Waals surface area contributed by atoms with Crippen LogP contribution in [0.25, 0.3) is 0 Å². The molecule has 0 atom stereocenters. The highest BCUT2D eigenvalue weighted by atomic mass is 35.5. The Kier molecular flexibility index (Phi) is 4.20. The molecule has 0 N–H and O–H groups in total. The van der Waals surface area contributed by atoms with Crippen LogP contribution >= 0.6 is 11.6 Å². The van der Waals surface area contributed by atoms with Gasteiger partial charge in [0.2, 0.25) is 0 Å². The molecular formula is C13H21ClN2. The summed E-state index contributed by atoms with van der Waals surface area (Å²) in [5.74, 6) is 0.511. The van der Waals surface area contributed by atoms with Crippen LogP contribution in [-0.2, 0) is 5.88 Å². The molecule has 0 aliphatic rings. The van der Waals surface area contributed by atoms with E-state index in [0.717, 1.165) is 17.8 Å². The van der Waals surface area contributed by atoms with Crippen LogP contribution in [0.5, 0.6) is 0 Å². The predicted octanol–water partition coefficient (Wildman–Crippen LogP) is 3.61. The molecule has 0 radical (unpaired) electrons. The third-order valence-corrected chi connectivity index (χ3v) is 2.65. The first-order valence-corrected chi connectivity index (χ1v) is 6.09. The molecule has 0 unspecified atom stereocenters. The van der Waals surface area contributed by atoms with E-state index in [1.807, 2.05) is 13.1 Å². The molecule has 0 saturated carbocycles. The minimum Gasteiger partial charge on any atom is -0.374 e. The van der Waals surface area contributed by atoms with Gasteiger partial charge in [0, 0.05) is 36.7 Å². The molecule has 1 aromatic rings. The fourth-order valence-electron chi connectivity index (χ4n) is 1.83. The number of halogens is 1. The number of aromatic nitrogens is 1. The van der Waals surface area contributed by atoms with Crippen molar-refractivity contribution < 1.29 is 0 Å². The molecule has 90 valence electrons. The second kappa shape index (κ2) is 5.05. The summed E-state index contributed by atoms with van der Waals surface area (Å²) in [5.41, 5.74) is 3.59. The molecule has 0 aliphatic carbocycles. The monoisotopic (exact) mass is 240 g/mol. The molecular weight excluding hydrogens is 220 g/mol. The van der Waals surface area contributed by atoms with Crippen molar-refractivity contribution in [1.82, 2.24) is 4.98 Å². The van der Waals surface area contributed by atoms with E-state index in [-0.39, 0.29) is 5.41 Å². The van der Waals surface area contributed by atoms with Gasteiger partial charge in [0.05, 0.1) is 5.88 Å². The number of alkyl halides is 1. The van der Waals surface area contributed by atoms with Gasteiger partial charge in [-0.05, 0) is 18.4 Å². The maximum Gasteiger partial charge on any atom is 0.0509 e. The van der Waals surface area contributed by atoms with Gasteiger partial charge in [-0.1, -0.05) is 20.8 Å². The molecule has 0 saturated heterocycles. The van der Waals surface area contributed by atoms with Gasteiger partial charge in [-0.2, -0.15) is 0 Å². The van der Waals surface area contributed by atoms with Crippen molar-refractivity contribution in [1.29, 1.82) is 0 Å². The standard InChI is InChI=1S/C13H21ClN2/c1-10-6-12(11(7-14)8-15-10)16(5)9-13(2,3)4/h6,8H,7,9H2,1-5H3. The highest BCUT2D eigenvalue weighted by Crippen LogP contribution is 2.25. The van der Waals surface area contributed by atoms with Crippen LogP contribution in [0.15, 0.2) is 12.3 Å². The van der Waals surface area contributed by atoms with Crippen LogP contribution in [0.1, 0.15) is 32.0 Å². The fraction of sp³-hybridized carbons (Fsp3) is 0.615. The van der Waals surface area contributed by atoms with E-state index in [0.29, 0.717) is 5.88 Å². The van der Waals surface area contributed by atoms with E-state index >= 15 is 0 Å². The molecule has 2 nitrogen and oxygen atoms in total. The van der Waals surface area contributed by atoms with Gasteiger partial charge >= 0.3 is 0 Å². The van der Waals surface area contributed by atoms with Crippen LogP contribution in [0.2, 0.25) is 0 Å². The number of pyridine rings is 1. The zero-order chi connectivity index (χ0) is 12.3. The first-order valence-electron chi connectivity index (χ1n) is 5.56. The second-order valence-electron chi connectivity index (χ2n) is 5.50. The summed E-state index contributed by atoms with van der Waals surface area (Å²) < 4.78 is 0. The lowest BCUT2D eigenvalue weighted by Crippen LogP contribution is -2.29. The Morgan fingerprint density at radius 1 is 1.38 bits per heavy atom. The minimum atomic E-state index is 0.273. The molecule has 1 heterocycles. The van der Waals surface area contributed by atoms with E-state index in [9.17, 15) is 0 Å². The van der Waals surface area contributed by atoms with Gasteiger partial charge in [0.25, 0.3) is 0 Å². The summed E-state index contributed by atoms with van der Waals surface area (Å²) in [6.45, 7) is 9.71. The van der Waals surface area contributed by atoms with Crippen LogP contribution < -0.4 is 4.90 Å². The number of nitrogens with zero attached hydrogens (tertiary/aromatic N) is 2. The highest BCUT2D eigenvalue weighted by Gasteiger charge is 2.16. The maximum absolute atomic E-state index is 5.93. The van der Waals surface area contributed by atoms with Gasteiger partial charge in [0.15, 0.2) is 0 Å². The third kappa shape index (κ3) is 3.67. The molecule has 0 aliphatic heterocycles.